The Labute approximate surface area is 121 Å². The molecule has 21 heavy (non-hydrogen) atoms. The van der Waals surface area contributed by atoms with E-state index in [-0.39, 0.29) is 11.5 Å². The number of rotatable bonds is 6. The monoisotopic (exact) mass is 295 g/mol. The lowest BCUT2D eigenvalue weighted by Crippen LogP contribution is -2.13. The summed E-state index contributed by atoms with van der Waals surface area (Å²) < 4.78 is 45.4. The fourth-order valence-electron chi connectivity index (χ4n) is 1.88. The number of ether oxygens (including phenoxy) is 1. The lowest BCUT2D eigenvalue weighted by Gasteiger charge is -2.10. The number of halogens is 3. The van der Waals surface area contributed by atoms with Crippen LogP contribution >= 0.6 is 0 Å². The maximum atomic E-state index is 13.5. The first-order valence-electron chi connectivity index (χ1n) is 6.72. The van der Waals surface area contributed by atoms with Crippen molar-refractivity contribution in [2.45, 2.75) is 19.9 Å². The van der Waals surface area contributed by atoms with E-state index in [9.17, 15) is 13.2 Å². The molecule has 2 nitrogen and oxygen atoms in total. The van der Waals surface area contributed by atoms with Crippen LogP contribution in [0.2, 0.25) is 0 Å². The van der Waals surface area contributed by atoms with Crippen LogP contribution in [0, 0.1) is 17.5 Å². The molecule has 0 saturated carbocycles. The average molecular weight is 295 g/mol. The molecule has 0 aliphatic heterocycles. The van der Waals surface area contributed by atoms with Crippen molar-refractivity contribution in [2.75, 3.05) is 6.54 Å². The van der Waals surface area contributed by atoms with Crippen LogP contribution in [0.3, 0.4) is 0 Å². The van der Waals surface area contributed by atoms with Crippen LogP contribution in [0.25, 0.3) is 0 Å². The van der Waals surface area contributed by atoms with E-state index in [2.05, 4.69) is 5.32 Å². The van der Waals surface area contributed by atoms with Gasteiger partial charge in [-0.3, -0.25) is 0 Å². The van der Waals surface area contributed by atoms with Crippen LogP contribution in [0.5, 0.6) is 11.5 Å². The van der Waals surface area contributed by atoms with Crippen LogP contribution in [0.15, 0.2) is 36.4 Å². The van der Waals surface area contributed by atoms with E-state index in [1.165, 1.54) is 18.2 Å². The molecule has 0 heterocycles. The van der Waals surface area contributed by atoms with Gasteiger partial charge in [-0.2, -0.15) is 4.39 Å². The van der Waals surface area contributed by atoms with Crippen molar-refractivity contribution < 1.29 is 17.9 Å². The normalized spacial score (nSPS) is 10.7. The first-order valence-corrected chi connectivity index (χ1v) is 6.72. The van der Waals surface area contributed by atoms with Gasteiger partial charge in [0, 0.05) is 12.6 Å². The zero-order chi connectivity index (χ0) is 15.2. The Bertz CT molecular complexity index is 616. The third-order valence-corrected chi connectivity index (χ3v) is 2.83. The molecule has 0 unspecified atom stereocenters. The molecule has 0 radical (unpaired) electrons. The summed E-state index contributed by atoms with van der Waals surface area (Å²) >= 11 is 0. The van der Waals surface area contributed by atoms with Crippen molar-refractivity contribution in [3.05, 3.63) is 59.4 Å². The Balaban J connectivity index is 2.17. The predicted molar refractivity (Wildman–Crippen MR) is 74.8 cm³/mol. The van der Waals surface area contributed by atoms with E-state index in [1.807, 2.05) is 6.92 Å². The molecule has 0 fully saturated rings. The standard InChI is InChI=1S/C16H16F3NO/c1-2-6-20-10-11-7-12(17)9-13(8-11)21-15-5-3-4-14(18)16(15)19/h3-5,7-9,20H,2,6,10H2,1H3. The Morgan fingerprint density at radius 2 is 1.90 bits per heavy atom. The highest BCUT2D eigenvalue weighted by atomic mass is 19.2. The van der Waals surface area contributed by atoms with Crippen LogP contribution in [-0.4, -0.2) is 6.54 Å². The van der Waals surface area contributed by atoms with E-state index in [0.717, 1.165) is 25.1 Å². The molecule has 0 aliphatic carbocycles. The molecule has 2 aromatic rings. The van der Waals surface area contributed by atoms with Gasteiger partial charge in [0.2, 0.25) is 5.82 Å². The van der Waals surface area contributed by atoms with Gasteiger partial charge in [0.15, 0.2) is 11.6 Å². The third kappa shape index (κ3) is 4.23. The molecule has 0 amide bonds. The van der Waals surface area contributed by atoms with Crippen molar-refractivity contribution in [1.29, 1.82) is 0 Å². The highest BCUT2D eigenvalue weighted by Crippen LogP contribution is 2.27. The van der Waals surface area contributed by atoms with Crippen LogP contribution in [0.4, 0.5) is 13.2 Å². The van der Waals surface area contributed by atoms with Gasteiger partial charge in [-0.05, 0) is 42.8 Å². The van der Waals surface area contributed by atoms with Crippen molar-refractivity contribution in [2.24, 2.45) is 0 Å². The minimum absolute atomic E-state index is 0.132. The van der Waals surface area contributed by atoms with Crippen LogP contribution in [0.1, 0.15) is 18.9 Å². The van der Waals surface area contributed by atoms with Gasteiger partial charge in [-0.25, -0.2) is 8.78 Å². The average Bonchev–Trinajstić information content (AvgIpc) is 2.44. The van der Waals surface area contributed by atoms with Crippen LogP contribution < -0.4 is 10.1 Å². The van der Waals surface area contributed by atoms with Crippen molar-refractivity contribution in [3.63, 3.8) is 0 Å². The van der Waals surface area contributed by atoms with Gasteiger partial charge in [-0.15, -0.1) is 0 Å². The zero-order valence-electron chi connectivity index (χ0n) is 11.6. The highest BCUT2D eigenvalue weighted by molar-refractivity contribution is 5.35. The van der Waals surface area contributed by atoms with Gasteiger partial charge < -0.3 is 10.1 Å². The smallest absolute Gasteiger partial charge is 0.201 e. The molecular formula is C16H16F3NO. The molecule has 0 bridgehead atoms. The minimum Gasteiger partial charge on any atom is -0.454 e. The Morgan fingerprint density at radius 3 is 2.67 bits per heavy atom. The van der Waals surface area contributed by atoms with Gasteiger partial charge in [-0.1, -0.05) is 13.0 Å². The minimum atomic E-state index is -1.09. The molecule has 2 aromatic carbocycles. The highest BCUT2D eigenvalue weighted by Gasteiger charge is 2.10. The lowest BCUT2D eigenvalue weighted by molar-refractivity contribution is 0.413. The summed E-state index contributed by atoms with van der Waals surface area (Å²) in [5, 5.41) is 3.13. The summed E-state index contributed by atoms with van der Waals surface area (Å²) in [4.78, 5) is 0. The summed E-state index contributed by atoms with van der Waals surface area (Å²) in [6.07, 6.45) is 0.965. The van der Waals surface area contributed by atoms with E-state index in [4.69, 9.17) is 4.74 Å². The number of benzene rings is 2. The maximum Gasteiger partial charge on any atom is 0.201 e. The summed E-state index contributed by atoms with van der Waals surface area (Å²) in [5.41, 5.74) is 0.676. The topological polar surface area (TPSA) is 21.3 Å². The van der Waals surface area contributed by atoms with Gasteiger partial charge in [0.05, 0.1) is 0 Å². The second kappa shape index (κ2) is 7.13. The molecule has 0 atom stereocenters. The van der Waals surface area contributed by atoms with Crippen LogP contribution in [-0.2, 0) is 6.54 Å². The Morgan fingerprint density at radius 1 is 1.10 bits per heavy atom. The second-order valence-corrected chi connectivity index (χ2v) is 4.63. The molecule has 0 saturated heterocycles. The number of nitrogens with one attached hydrogen (secondary N) is 1. The fourth-order valence-corrected chi connectivity index (χ4v) is 1.88. The van der Waals surface area contributed by atoms with E-state index >= 15 is 0 Å². The second-order valence-electron chi connectivity index (χ2n) is 4.63. The first kappa shape index (κ1) is 15.4. The fraction of sp³-hybridized carbons (Fsp3) is 0.250. The molecular weight excluding hydrogens is 279 g/mol. The van der Waals surface area contributed by atoms with E-state index in [0.29, 0.717) is 12.1 Å². The first-order chi connectivity index (χ1) is 10.1. The molecule has 0 spiro atoms. The third-order valence-electron chi connectivity index (χ3n) is 2.83. The van der Waals surface area contributed by atoms with Gasteiger partial charge in [0.25, 0.3) is 0 Å². The van der Waals surface area contributed by atoms with Crippen molar-refractivity contribution >= 4 is 0 Å². The van der Waals surface area contributed by atoms with Gasteiger partial charge >= 0.3 is 0 Å². The molecule has 0 aliphatic rings. The summed E-state index contributed by atoms with van der Waals surface area (Å²) in [6.45, 7) is 3.32. The molecule has 2 rings (SSSR count). The SMILES string of the molecule is CCCNCc1cc(F)cc(Oc2cccc(F)c2F)c1. The maximum absolute atomic E-state index is 13.5. The molecule has 112 valence electrons. The Kier molecular flexibility index (Phi) is 5.22. The summed E-state index contributed by atoms with van der Waals surface area (Å²) in [7, 11) is 0. The van der Waals surface area contributed by atoms with E-state index < -0.39 is 17.5 Å². The van der Waals surface area contributed by atoms with Crippen molar-refractivity contribution in [3.8, 4) is 11.5 Å². The number of hydrogen-bond donors (Lipinski definition) is 1. The molecule has 5 heteroatoms. The molecule has 1 N–H and O–H groups in total. The quantitative estimate of drug-likeness (QED) is 0.798. The van der Waals surface area contributed by atoms with Crippen molar-refractivity contribution in [1.82, 2.24) is 5.32 Å². The van der Waals surface area contributed by atoms with Gasteiger partial charge in [0.1, 0.15) is 11.6 Å². The molecule has 0 aromatic heterocycles. The number of hydrogen-bond acceptors (Lipinski definition) is 2. The predicted octanol–water partition coefficient (Wildman–Crippen LogP) is 4.40. The van der Waals surface area contributed by atoms with E-state index in [1.54, 1.807) is 6.07 Å². The zero-order valence-corrected chi connectivity index (χ0v) is 11.6. The summed E-state index contributed by atoms with van der Waals surface area (Å²) in [5.74, 6) is -2.72. The lowest BCUT2D eigenvalue weighted by atomic mass is 10.2. The largest absolute Gasteiger partial charge is 0.454 e. The Hall–Kier alpha value is -2.01. The summed E-state index contributed by atoms with van der Waals surface area (Å²) in [6, 6.07) is 7.71.